The van der Waals surface area contributed by atoms with Crippen LogP contribution in [0.3, 0.4) is 0 Å². The smallest absolute Gasteiger partial charge is 0.344 e. The van der Waals surface area contributed by atoms with E-state index < -0.39 is 23.6 Å². The SMILES string of the molecule is COc1ccc([C@@H]2C3=C(Oc4c2c(=O)oc2ccccc42)[C@@H]2C=CC=C[C@H]2OC3=O)cc1. The van der Waals surface area contributed by atoms with Crippen LogP contribution in [-0.2, 0) is 9.53 Å². The quantitative estimate of drug-likeness (QED) is 0.451. The molecule has 3 aromatic rings. The second-order valence-corrected chi connectivity index (χ2v) is 7.88. The second kappa shape index (κ2) is 6.99. The fourth-order valence-electron chi connectivity index (χ4n) is 4.67. The first-order valence-corrected chi connectivity index (χ1v) is 10.3. The summed E-state index contributed by atoms with van der Waals surface area (Å²) in [6.07, 6.45) is 7.10. The highest BCUT2D eigenvalue weighted by Crippen LogP contribution is 2.49. The second-order valence-electron chi connectivity index (χ2n) is 7.88. The molecule has 0 saturated heterocycles. The Labute approximate surface area is 183 Å². The number of carbonyl (C=O) groups excluding carboxylic acids is 1. The number of benzene rings is 2. The zero-order valence-electron chi connectivity index (χ0n) is 17.1. The zero-order chi connectivity index (χ0) is 21.8. The molecule has 6 rings (SSSR count). The number of allylic oxidation sites excluding steroid dienone is 2. The Morgan fingerprint density at radius 1 is 0.938 bits per heavy atom. The minimum absolute atomic E-state index is 0.271. The summed E-state index contributed by atoms with van der Waals surface area (Å²) in [5.74, 6) is 0.150. The average molecular weight is 426 g/mol. The van der Waals surface area contributed by atoms with Crippen molar-refractivity contribution in [2.45, 2.75) is 12.0 Å². The lowest BCUT2D eigenvalue weighted by Gasteiger charge is -2.38. The van der Waals surface area contributed by atoms with Crippen LogP contribution in [0.1, 0.15) is 17.0 Å². The van der Waals surface area contributed by atoms with Gasteiger partial charge in [0, 0.05) is 0 Å². The van der Waals surface area contributed by atoms with Gasteiger partial charge in [-0.25, -0.2) is 9.59 Å². The van der Waals surface area contributed by atoms with Gasteiger partial charge in [-0.05, 0) is 35.9 Å². The molecule has 3 heterocycles. The molecule has 158 valence electrons. The van der Waals surface area contributed by atoms with Gasteiger partial charge in [0.1, 0.15) is 28.9 Å². The van der Waals surface area contributed by atoms with Crippen molar-refractivity contribution in [3.8, 4) is 11.5 Å². The summed E-state index contributed by atoms with van der Waals surface area (Å²) in [7, 11) is 1.59. The van der Waals surface area contributed by atoms with E-state index in [9.17, 15) is 9.59 Å². The molecule has 0 amide bonds. The zero-order valence-corrected chi connectivity index (χ0v) is 17.1. The average Bonchev–Trinajstić information content (AvgIpc) is 2.83. The summed E-state index contributed by atoms with van der Waals surface area (Å²) in [6, 6.07) is 14.5. The molecule has 2 aliphatic heterocycles. The summed E-state index contributed by atoms with van der Waals surface area (Å²) in [5.41, 5.74) is 1.25. The molecule has 0 fully saturated rings. The lowest BCUT2D eigenvalue weighted by Crippen LogP contribution is -2.40. The predicted octanol–water partition coefficient (Wildman–Crippen LogP) is 4.25. The van der Waals surface area contributed by atoms with Crippen molar-refractivity contribution in [3.05, 3.63) is 106 Å². The van der Waals surface area contributed by atoms with E-state index in [1.165, 1.54) is 0 Å². The summed E-state index contributed by atoms with van der Waals surface area (Å²) >= 11 is 0. The van der Waals surface area contributed by atoms with E-state index in [2.05, 4.69) is 0 Å². The summed E-state index contributed by atoms with van der Waals surface area (Å²) < 4.78 is 23.0. The number of rotatable bonds is 2. The number of hydrogen-bond donors (Lipinski definition) is 0. The molecular weight excluding hydrogens is 408 g/mol. The molecule has 32 heavy (non-hydrogen) atoms. The Bertz CT molecular complexity index is 1410. The van der Waals surface area contributed by atoms with Crippen molar-refractivity contribution >= 4 is 16.9 Å². The molecule has 0 spiro atoms. The van der Waals surface area contributed by atoms with Crippen LogP contribution in [0.25, 0.3) is 11.0 Å². The van der Waals surface area contributed by atoms with Gasteiger partial charge < -0.3 is 18.6 Å². The molecule has 3 atom stereocenters. The van der Waals surface area contributed by atoms with Crippen LogP contribution < -0.4 is 15.1 Å². The van der Waals surface area contributed by atoms with Gasteiger partial charge in [0.15, 0.2) is 0 Å². The van der Waals surface area contributed by atoms with Crippen molar-refractivity contribution in [2.24, 2.45) is 5.92 Å². The Hall–Kier alpha value is -4.06. The highest BCUT2D eigenvalue weighted by molar-refractivity contribution is 5.96. The predicted molar refractivity (Wildman–Crippen MR) is 117 cm³/mol. The molecular formula is C26H18O6. The highest BCUT2D eigenvalue weighted by atomic mass is 16.6. The van der Waals surface area contributed by atoms with Crippen molar-refractivity contribution in [2.75, 3.05) is 7.11 Å². The van der Waals surface area contributed by atoms with Crippen molar-refractivity contribution in [1.29, 1.82) is 0 Å². The van der Waals surface area contributed by atoms with Crippen LogP contribution in [-0.4, -0.2) is 19.2 Å². The van der Waals surface area contributed by atoms with Crippen LogP contribution in [0.15, 0.2) is 93.4 Å². The van der Waals surface area contributed by atoms with Crippen LogP contribution >= 0.6 is 0 Å². The van der Waals surface area contributed by atoms with Crippen LogP contribution in [0, 0.1) is 5.92 Å². The Morgan fingerprint density at radius 3 is 2.53 bits per heavy atom. The number of hydrogen-bond acceptors (Lipinski definition) is 6. The van der Waals surface area contributed by atoms with Gasteiger partial charge in [-0.15, -0.1) is 0 Å². The van der Waals surface area contributed by atoms with Crippen LogP contribution in [0.5, 0.6) is 11.5 Å². The normalized spacial score (nSPS) is 23.2. The Kier molecular flexibility index (Phi) is 4.08. The fourth-order valence-corrected chi connectivity index (χ4v) is 4.67. The minimum atomic E-state index is -0.687. The number of ether oxygens (including phenoxy) is 3. The third-order valence-corrected chi connectivity index (χ3v) is 6.15. The van der Waals surface area contributed by atoms with E-state index >= 15 is 0 Å². The number of carbonyl (C=O) groups is 1. The fraction of sp³-hybridized carbons (Fsp3) is 0.154. The number of methoxy groups -OCH3 is 1. The molecule has 6 heteroatoms. The molecule has 0 unspecified atom stereocenters. The molecule has 0 saturated carbocycles. The van der Waals surface area contributed by atoms with E-state index in [1.807, 2.05) is 48.6 Å². The first-order chi connectivity index (χ1) is 15.7. The van der Waals surface area contributed by atoms with E-state index in [0.29, 0.717) is 39.4 Å². The molecule has 0 bridgehead atoms. The first-order valence-electron chi connectivity index (χ1n) is 10.3. The third-order valence-electron chi connectivity index (χ3n) is 6.15. The maximum absolute atomic E-state index is 13.2. The molecule has 2 aromatic carbocycles. The van der Waals surface area contributed by atoms with Gasteiger partial charge in [0.2, 0.25) is 0 Å². The number of fused-ring (bicyclic) bond motifs is 5. The summed E-state index contributed by atoms with van der Waals surface area (Å²) in [6.45, 7) is 0. The Morgan fingerprint density at radius 2 is 1.72 bits per heavy atom. The first kappa shape index (κ1) is 18.7. The molecule has 6 nitrogen and oxygen atoms in total. The van der Waals surface area contributed by atoms with Crippen molar-refractivity contribution < 1.29 is 23.4 Å². The summed E-state index contributed by atoms with van der Waals surface area (Å²) in [4.78, 5) is 26.4. The van der Waals surface area contributed by atoms with E-state index in [1.54, 1.807) is 31.4 Å². The van der Waals surface area contributed by atoms with Crippen molar-refractivity contribution in [1.82, 2.24) is 0 Å². The maximum atomic E-state index is 13.2. The van der Waals surface area contributed by atoms with Gasteiger partial charge in [0.05, 0.1) is 35.5 Å². The van der Waals surface area contributed by atoms with Gasteiger partial charge in [0.25, 0.3) is 0 Å². The topological polar surface area (TPSA) is 75.0 Å². The van der Waals surface area contributed by atoms with Crippen LogP contribution in [0.2, 0.25) is 0 Å². The van der Waals surface area contributed by atoms with Gasteiger partial charge in [-0.3, -0.25) is 0 Å². The molecule has 0 N–H and O–H groups in total. The number of esters is 1. The van der Waals surface area contributed by atoms with E-state index in [0.717, 1.165) is 5.56 Å². The lowest BCUT2D eigenvalue weighted by atomic mass is 9.78. The van der Waals surface area contributed by atoms with E-state index in [-0.39, 0.29) is 5.92 Å². The minimum Gasteiger partial charge on any atom is -0.497 e. The molecule has 0 radical (unpaired) electrons. The van der Waals surface area contributed by atoms with Crippen molar-refractivity contribution in [3.63, 3.8) is 0 Å². The largest absolute Gasteiger partial charge is 0.497 e. The molecule has 1 aromatic heterocycles. The highest BCUT2D eigenvalue weighted by Gasteiger charge is 2.47. The van der Waals surface area contributed by atoms with Gasteiger partial charge >= 0.3 is 11.6 Å². The maximum Gasteiger partial charge on any atom is 0.344 e. The lowest BCUT2D eigenvalue weighted by molar-refractivity contribution is -0.146. The standard InChI is InChI=1S/C26H18O6/c1-29-15-12-10-14(11-13-15)20-21-23(16-6-2-4-8-18(16)30-25(21)27)32-24-17-7-3-5-9-19(17)31-26(28)22(20)24/h2-13,16,18,20H,1H3/t16-,18-,20-/m1/s1. The monoisotopic (exact) mass is 426 g/mol. The van der Waals surface area contributed by atoms with Crippen LogP contribution in [0.4, 0.5) is 0 Å². The van der Waals surface area contributed by atoms with E-state index in [4.69, 9.17) is 18.6 Å². The summed E-state index contributed by atoms with van der Waals surface area (Å²) in [5, 5.41) is 0.679. The third kappa shape index (κ3) is 2.66. The molecule has 3 aliphatic rings. The molecule has 1 aliphatic carbocycles. The van der Waals surface area contributed by atoms with Gasteiger partial charge in [-0.2, -0.15) is 0 Å². The Balaban J connectivity index is 1.66. The number of para-hydroxylation sites is 1. The van der Waals surface area contributed by atoms with Gasteiger partial charge in [-0.1, -0.05) is 42.5 Å².